The number of amides is 1. The molecule has 0 atom stereocenters. The fourth-order valence-electron chi connectivity index (χ4n) is 1.50. The average molecular weight is 280 g/mol. The molecule has 0 unspecified atom stereocenters. The summed E-state index contributed by atoms with van der Waals surface area (Å²) in [6.45, 7) is 5.01. The van der Waals surface area contributed by atoms with Crippen molar-refractivity contribution < 1.29 is 4.79 Å². The summed E-state index contributed by atoms with van der Waals surface area (Å²) < 4.78 is 0. The number of hydrogen-bond acceptors (Lipinski definition) is 3. The number of nitriles is 1. The van der Waals surface area contributed by atoms with Crippen LogP contribution in [0.2, 0.25) is 5.02 Å². The second-order valence-electron chi connectivity index (χ2n) is 4.69. The molecule has 0 spiro atoms. The summed E-state index contributed by atoms with van der Waals surface area (Å²) in [6, 6.07) is 6.97. The molecule has 0 fully saturated rings. The monoisotopic (exact) mass is 279 g/mol. The first-order valence-corrected chi connectivity index (χ1v) is 6.61. The topological polar surface area (TPSA) is 64.9 Å². The zero-order valence-electron chi connectivity index (χ0n) is 11.2. The van der Waals surface area contributed by atoms with E-state index < -0.39 is 0 Å². The predicted octanol–water partition coefficient (Wildman–Crippen LogP) is 2.79. The number of carbonyl (C=O) groups is 1. The standard InChI is InChI=1S/C14H18ClN3O/c1-10(2)5-6-17-14(19)9-18-13-7-12(15)4-3-11(13)8-16/h3-4,7,10,18H,5-6,9H2,1-2H3,(H,17,19). The van der Waals surface area contributed by atoms with Crippen LogP contribution in [0.5, 0.6) is 0 Å². The second-order valence-corrected chi connectivity index (χ2v) is 5.12. The number of carbonyl (C=O) groups excluding carboxylic acids is 1. The van der Waals surface area contributed by atoms with Crippen molar-refractivity contribution in [1.29, 1.82) is 5.26 Å². The third-order valence-electron chi connectivity index (χ3n) is 2.59. The van der Waals surface area contributed by atoms with E-state index in [0.717, 1.165) is 6.42 Å². The molecule has 0 bridgehead atoms. The number of benzene rings is 1. The lowest BCUT2D eigenvalue weighted by Crippen LogP contribution is -2.31. The molecule has 1 amide bonds. The van der Waals surface area contributed by atoms with Gasteiger partial charge in [0.05, 0.1) is 17.8 Å². The van der Waals surface area contributed by atoms with Crippen molar-refractivity contribution in [3.63, 3.8) is 0 Å². The molecule has 0 saturated carbocycles. The summed E-state index contributed by atoms with van der Waals surface area (Å²) in [5.41, 5.74) is 1.05. The normalized spacial score (nSPS) is 10.1. The molecule has 0 aliphatic heterocycles. The Balaban J connectivity index is 2.46. The van der Waals surface area contributed by atoms with E-state index in [2.05, 4.69) is 30.6 Å². The Morgan fingerprint density at radius 1 is 1.47 bits per heavy atom. The summed E-state index contributed by atoms with van der Waals surface area (Å²) in [5, 5.41) is 15.2. The molecule has 0 saturated heterocycles. The number of anilines is 1. The van der Waals surface area contributed by atoms with Gasteiger partial charge in [-0.15, -0.1) is 0 Å². The fraction of sp³-hybridized carbons (Fsp3) is 0.429. The van der Waals surface area contributed by atoms with E-state index in [1.54, 1.807) is 18.2 Å². The molecule has 0 aromatic heterocycles. The highest BCUT2D eigenvalue weighted by Crippen LogP contribution is 2.19. The van der Waals surface area contributed by atoms with Gasteiger partial charge in [-0.3, -0.25) is 4.79 Å². The Bertz CT molecular complexity index is 480. The molecule has 102 valence electrons. The molecule has 0 aliphatic carbocycles. The van der Waals surface area contributed by atoms with Gasteiger partial charge in [0.25, 0.3) is 0 Å². The van der Waals surface area contributed by atoms with E-state index in [1.807, 2.05) is 0 Å². The minimum Gasteiger partial charge on any atom is -0.375 e. The van der Waals surface area contributed by atoms with Crippen molar-refractivity contribution in [3.05, 3.63) is 28.8 Å². The molecule has 0 radical (unpaired) electrons. The largest absolute Gasteiger partial charge is 0.375 e. The molecule has 1 aromatic carbocycles. The van der Waals surface area contributed by atoms with Gasteiger partial charge in [0.2, 0.25) is 5.91 Å². The van der Waals surface area contributed by atoms with Crippen LogP contribution in [0.3, 0.4) is 0 Å². The molecule has 5 heteroatoms. The highest BCUT2D eigenvalue weighted by atomic mass is 35.5. The van der Waals surface area contributed by atoms with E-state index in [-0.39, 0.29) is 12.5 Å². The van der Waals surface area contributed by atoms with E-state index in [4.69, 9.17) is 16.9 Å². The molecule has 4 nitrogen and oxygen atoms in total. The smallest absolute Gasteiger partial charge is 0.239 e. The van der Waals surface area contributed by atoms with Crippen molar-refractivity contribution in [2.24, 2.45) is 5.92 Å². The highest BCUT2D eigenvalue weighted by molar-refractivity contribution is 6.30. The molecule has 0 heterocycles. The Morgan fingerprint density at radius 2 is 2.21 bits per heavy atom. The minimum absolute atomic E-state index is 0.0930. The van der Waals surface area contributed by atoms with E-state index >= 15 is 0 Å². The van der Waals surface area contributed by atoms with Gasteiger partial charge in [-0.05, 0) is 30.5 Å². The van der Waals surface area contributed by atoms with Gasteiger partial charge in [-0.25, -0.2) is 0 Å². The zero-order valence-corrected chi connectivity index (χ0v) is 11.9. The number of hydrogen-bond donors (Lipinski definition) is 2. The van der Waals surface area contributed by atoms with Crippen molar-refractivity contribution >= 4 is 23.2 Å². The molecule has 2 N–H and O–H groups in total. The number of halogens is 1. The highest BCUT2D eigenvalue weighted by Gasteiger charge is 2.05. The average Bonchev–Trinajstić information content (AvgIpc) is 2.36. The van der Waals surface area contributed by atoms with Crippen LogP contribution in [0, 0.1) is 17.2 Å². The summed E-state index contributed by atoms with van der Waals surface area (Å²) in [7, 11) is 0. The van der Waals surface area contributed by atoms with Gasteiger partial charge < -0.3 is 10.6 Å². The van der Waals surface area contributed by atoms with Crippen LogP contribution in [-0.2, 0) is 4.79 Å². The first-order valence-electron chi connectivity index (χ1n) is 6.23. The zero-order chi connectivity index (χ0) is 14.3. The lowest BCUT2D eigenvalue weighted by molar-refractivity contribution is -0.119. The van der Waals surface area contributed by atoms with E-state index in [1.165, 1.54) is 0 Å². The van der Waals surface area contributed by atoms with Crippen LogP contribution in [-0.4, -0.2) is 19.0 Å². The van der Waals surface area contributed by atoms with Gasteiger partial charge in [-0.1, -0.05) is 25.4 Å². The van der Waals surface area contributed by atoms with Gasteiger partial charge >= 0.3 is 0 Å². The van der Waals surface area contributed by atoms with Crippen LogP contribution >= 0.6 is 11.6 Å². The van der Waals surface area contributed by atoms with Gasteiger partial charge in [0.1, 0.15) is 6.07 Å². The Labute approximate surface area is 118 Å². The van der Waals surface area contributed by atoms with Crippen molar-refractivity contribution in [2.45, 2.75) is 20.3 Å². The molecule has 1 rings (SSSR count). The van der Waals surface area contributed by atoms with E-state index in [9.17, 15) is 4.79 Å². The number of nitrogens with zero attached hydrogens (tertiary/aromatic N) is 1. The van der Waals surface area contributed by atoms with Crippen molar-refractivity contribution in [3.8, 4) is 6.07 Å². The summed E-state index contributed by atoms with van der Waals surface area (Å²) >= 11 is 5.86. The molecule has 19 heavy (non-hydrogen) atoms. The summed E-state index contributed by atoms with van der Waals surface area (Å²) in [4.78, 5) is 11.6. The first kappa shape index (κ1) is 15.3. The number of nitrogens with one attached hydrogen (secondary N) is 2. The van der Waals surface area contributed by atoms with Crippen LogP contribution in [0.15, 0.2) is 18.2 Å². The molecular formula is C14H18ClN3O. The fourth-order valence-corrected chi connectivity index (χ4v) is 1.67. The Morgan fingerprint density at radius 3 is 2.84 bits per heavy atom. The molecular weight excluding hydrogens is 262 g/mol. The Kier molecular flexibility index (Phi) is 6.17. The maximum absolute atomic E-state index is 11.6. The molecule has 0 aliphatic rings. The Hall–Kier alpha value is -1.73. The minimum atomic E-state index is -0.0930. The van der Waals surface area contributed by atoms with E-state index in [0.29, 0.717) is 28.7 Å². The number of rotatable bonds is 6. The third kappa shape index (κ3) is 5.62. The SMILES string of the molecule is CC(C)CCNC(=O)CNc1cc(Cl)ccc1C#N. The predicted molar refractivity (Wildman–Crippen MR) is 77.1 cm³/mol. The second kappa shape index (κ2) is 7.65. The van der Waals surface area contributed by atoms with Gasteiger partial charge in [-0.2, -0.15) is 5.26 Å². The van der Waals surface area contributed by atoms with Crippen LogP contribution in [0.4, 0.5) is 5.69 Å². The maximum Gasteiger partial charge on any atom is 0.239 e. The summed E-state index contributed by atoms with van der Waals surface area (Å²) in [5.74, 6) is 0.468. The van der Waals surface area contributed by atoms with Crippen LogP contribution in [0.1, 0.15) is 25.8 Å². The third-order valence-corrected chi connectivity index (χ3v) is 2.82. The van der Waals surface area contributed by atoms with Crippen LogP contribution in [0.25, 0.3) is 0 Å². The van der Waals surface area contributed by atoms with Crippen LogP contribution < -0.4 is 10.6 Å². The quantitative estimate of drug-likeness (QED) is 0.841. The maximum atomic E-state index is 11.6. The first-order chi connectivity index (χ1) is 9.02. The summed E-state index contributed by atoms with van der Waals surface area (Å²) in [6.07, 6.45) is 0.951. The van der Waals surface area contributed by atoms with Crippen molar-refractivity contribution in [2.75, 3.05) is 18.4 Å². The lowest BCUT2D eigenvalue weighted by atomic mass is 10.1. The van der Waals surface area contributed by atoms with Gasteiger partial charge in [0.15, 0.2) is 0 Å². The molecule has 1 aromatic rings. The lowest BCUT2D eigenvalue weighted by Gasteiger charge is -2.10. The van der Waals surface area contributed by atoms with Gasteiger partial charge in [0, 0.05) is 11.6 Å². The van der Waals surface area contributed by atoms with Crippen molar-refractivity contribution in [1.82, 2.24) is 5.32 Å².